The van der Waals surface area contributed by atoms with E-state index < -0.39 is 0 Å². The zero-order valence-electron chi connectivity index (χ0n) is 17.5. The van der Waals surface area contributed by atoms with Crippen molar-refractivity contribution >= 4 is 17.5 Å². The van der Waals surface area contributed by atoms with Gasteiger partial charge in [-0.3, -0.25) is 19.4 Å². The van der Waals surface area contributed by atoms with Gasteiger partial charge in [-0.1, -0.05) is 30.3 Å². The fourth-order valence-electron chi connectivity index (χ4n) is 3.55. The molecular weight excluding hydrogens is 383 g/mol. The fraction of sp³-hybridized carbons (Fsp3) is 0.391. The molecule has 1 aliphatic rings. The lowest BCUT2D eigenvalue weighted by Gasteiger charge is -2.37. The van der Waals surface area contributed by atoms with Gasteiger partial charge >= 0.3 is 0 Å². The van der Waals surface area contributed by atoms with Gasteiger partial charge in [0, 0.05) is 38.4 Å². The summed E-state index contributed by atoms with van der Waals surface area (Å²) in [5, 5.41) is 5.74. The van der Waals surface area contributed by atoms with E-state index in [0.717, 1.165) is 24.2 Å². The lowest BCUT2D eigenvalue weighted by Crippen LogP contribution is -2.54. The van der Waals surface area contributed by atoms with Crippen LogP contribution in [0.3, 0.4) is 0 Å². The molecule has 2 amide bonds. The van der Waals surface area contributed by atoms with E-state index in [-0.39, 0.29) is 23.7 Å². The van der Waals surface area contributed by atoms with Gasteiger partial charge in [-0.15, -0.1) is 0 Å². The van der Waals surface area contributed by atoms with Crippen molar-refractivity contribution in [3.8, 4) is 0 Å². The van der Waals surface area contributed by atoms with Gasteiger partial charge in [0.15, 0.2) is 0 Å². The highest BCUT2D eigenvalue weighted by molar-refractivity contribution is 5.94. The Balaban J connectivity index is 1.41. The molecule has 0 saturated carbocycles. The van der Waals surface area contributed by atoms with Crippen molar-refractivity contribution in [1.29, 1.82) is 0 Å². The van der Waals surface area contributed by atoms with Gasteiger partial charge in [0.1, 0.15) is 5.82 Å². The molecule has 0 radical (unpaired) electrons. The first-order valence-corrected chi connectivity index (χ1v) is 10.3. The van der Waals surface area contributed by atoms with Crippen molar-refractivity contribution in [3.63, 3.8) is 0 Å². The molecule has 0 spiro atoms. The Morgan fingerprint density at radius 3 is 2.50 bits per heavy atom. The molecule has 1 fully saturated rings. The summed E-state index contributed by atoms with van der Waals surface area (Å²) in [5.41, 5.74) is 2.74. The third-order valence-electron chi connectivity index (χ3n) is 5.53. The van der Waals surface area contributed by atoms with Crippen molar-refractivity contribution < 1.29 is 14.0 Å². The summed E-state index contributed by atoms with van der Waals surface area (Å²) in [7, 11) is 0. The van der Waals surface area contributed by atoms with Crippen LogP contribution in [0.2, 0.25) is 0 Å². The number of benzene rings is 2. The Labute approximate surface area is 177 Å². The minimum Gasteiger partial charge on any atom is -0.351 e. The number of hydrogen-bond acceptors (Lipinski definition) is 4. The first-order valence-electron chi connectivity index (χ1n) is 10.3. The van der Waals surface area contributed by atoms with Crippen LogP contribution in [0.1, 0.15) is 18.1 Å². The number of rotatable bonds is 7. The maximum Gasteiger partial charge on any atom is 0.241 e. The number of halogens is 1. The summed E-state index contributed by atoms with van der Waals surface area (Å²) in [6.07, 6.45) is 0. The maximum atomic E-state index is 13.3. The lowest BCUT2D eigenvalue weighted by atomic mass is 10.1. The van der Waals surface area contributed by atoms with Crippen molar-refractivity contribution in [1.82, 2.24) is 15.1 Å². The molecule has 3 rings (SSSR count). The van der Waals surface area contributed by atoms with Crippen LogP contribution in [0.5, 0.6) is 0 Å². The quantitative estimate of drug-likeness (QED) is 0.733. The number of carbonyl (C=O) groups excluding carboxylic acids is 2. The molecule has 2 aromatic carbocycles. The van der Waals surface area contributed by atoms with E-state index in [1.54, 1.807) is 12.1 Å². The summed E-state index contributed by atoms with van der Waals surface area (Å²) in [6.45, 7) is 7.59. The van der Waals surface area contributed by atoms with E-state index >= 15 is 0 Å². The topological polar surface area (TPSA) is 64.7 Å². The molecule has 7 heteroatoms. The highest BCUT2D eigenvalue weighted by Gasteiger charge is 2.26. The Morgan fingerprint density at radius 2 is 1.80 bits per heavy atom. The van der Waals surface area contributed by atoms with Gasteiger partial charge in [0.2, 0.25) is 11.8 Å². The van der Waals surface area contributed by atoms with Crippen LogP contribution in [0.15, 0.2) is 48.5 Å². The van der Waals surface area contributed by atoms with Gasteiger partial charge in [-0.2, -0.15) is 0 Å². The van der Waals surface area contributed by atoms with E-state index in [1.807, 2.05) is 38.1 Å². The molecule has 1 atom stereocenters. The number of piperazine rings is 1. The van der Waals surface area contributed by atoms with Crippen LogP contribution in [0.25, 0.3) is 0 Å². The van der Waals surface area contributed by atoms with Crippen LogP contribution in [0.4, 0.5) is 10.1 Å². The molecular formula is C23H29FN4O2. The molecule has 160 valence electrons. The third kappa shape index (κ3) is 6.11. The fourth-order valence-corrected chi connectivity index (χ4v) is 3.55. The number of amides is 2. The van der Waals surface area contributed by atoms with Gasteiger partial charge in [0.25, 0.3) is 0 Å². The number of anilines is 1. The monoisotopic (exact) mass is 412 g/mol. The zero-order valence-corrected chi connectivity index (χ0v) is 17.5. The average molecular weight is 413 g/mol. The first kappa shape index (κ1) is 21.9. The normalized spacial score (nSPS) is 16.1. The second-order valence-electron chi connectivity index (χ2n) is 7.69. The standard InChI is InChI=1S/C23H29FN4O2/c1-17-6-3-4-7-19(17)15-25-22(29)16-27-10-12-28(13-11-27)18(2)23(30)26-21-9-5-8-20(24)14-21/h3-9,14,18H,10-13,15-16H2,1-2H3,(H,25,29)(H,26,30). The number of hydrogen-bond donors (Lipinski definition) is 2. The number of aryl methyl sites for hydroxylation is 1. The average Bonchev–Trinajstić information content (AvgIpc) is 2.73. The minimum atomic E-state index is -0.380. The number of nitrogens with zero attached hydrogens (tertiary/aromatic N) is 2. The van der Waals surface area contributed by atoms with E-state index in [0.29, 0.717) is 31.9 Å². The van der Waals surface area contributed by atoms with Gasteiger partial charge < -0.3 is 10.6 Å². The molecule has 1 unspecified atom stereocenters. The summed E-state index contributed by atoms with van der Waals surface area (Å²) in [4.78, 5) is 28.9. The van der Waals surface area contributed by atoms with Crippen LogP contribution in [-0.4, -0.2) is 60.4 Å². The largest absolute Gasteiger partial charge is 0.351 e. The highest BCUT2D eigenvalue weighted by Crippen LogP contribution is 2.12. The highest BCUT2D eigenvalue weighted by atomic mass is 19.1. The smallest absolute Gasteiger partial charge is 0.241 e. The van der Waals surface area contributed by atoms with Gasteiger partial charge in [-0.25, -0.2) is 4.39 Å². The first-order chi connectivity index (χ1) is 14.4. The lowest BCUT2D eigenvalue weighted by molar-refractivity contribution is -0.124. The van der Waals surface area contributed by atoms with E-state index in [1.165, 1.54) is 12.1 Å². The summed E-state index contributed by atoms with van der Waals surface area (Å²) < 4.78 is 13.3. The number of carbonyl (C=O) groups is 2. The van der Waals surface area contributed by atoms with Gasteiger partial charge in [0.05, 0.1) is 12.6 Å². The Morgan fingerprint density at radius 1 is 1.07 bits per heavy atom. The van der Waals surface area contributed by atoms with E-state index in [4.69, 9.17) is 0 Å². The van der Waals surface area contributed by atoms with Crippen LogP contribution in [-0.2, 0) is 16.1 Å². The Kier molecular flexibility index (Phi) is 7.54. The molecule has 1 saturated heterocycles. The van der Waals surface area contributed by atoms with Crippen LogP contribution in [0, 0.1) is 12.7 Å². The predicted octanol–water partition coefficient (Wildman–Crippen LogP) is 2.40. The van der Waals surface area contributed by atoms with Crippen LogP contribution >= 0.6 is 0 Å². The second kappa shape index (κ2) is 10.3. The van der Waals surface area contributed by atoms with Crippen LogP contribution < -0.4 is 10.6 Å². The maximum absolute atomic E-state index is 13.3. The molecule has 2 aromatic rings. The molecule has 30 heavy (non-hydrogen) atoms. The molecule has 2 N–H and O–H groups in total. The Hall–Kier alpha value is -2.77. The second-order valence-corrected chi connectivity index (χ2v) is 7.69. The summed E-state index contributed by atoms with van der Waals surface area (Å²) >= 11 is 0. The molecule has 0 aliphatic carbocycles. The zero-order chi connectivity index (χ0) is 21.5. The molecule has 6 nitrogen and oxygen atoms in total. The molecule has 0 bridgehead atoms. The van der Waals surface area contributed by atoms with Crippen molar-refractivity contribution in [3.05, 3.63) is 65.5 Å². The third-order valence-corrected chi connectivity index (χ3v) is 5.53. The predicted molar refractivity (Wildman–Crippen MR) is 116 cm³/mol. The van der Waals surface area contributed by atoms with Crippen molar-refractivity contribution in [2.24, 2.45) is 0 Å². The van der Waals surface area contributed by atoms with E-state index in [2.05, 4.69) is 20.4 Å². The van der Waals surface area contributed by atoms with Crippen molar-refractivity contribution in [2.75, 3.05) is 38.0 Å². The summed E-state index contributed by atoms with van der Waals surface area (Å²) in [5.74, 6) is -0.539. The summed E-state index contributed by atoms with van der Waals surface area (Å²) in [6, 6.07) is 13.6. The van der Waals surface area contributed by atoms with Gasteiger partial charge in [-0.05, 0) is 43.2 Å². The molecule has 1 heterocycles. The molecule has 1 aliphatic heterocycles. The SMILES string of the molecule is Cc1ccccc1CNC(=O)CN1CCN(C(C)C(=O)Nc2cccc(F)c2)CC1. The van der Waals surface area contributed by atoms with Crippen molar-refractivity contribution in [2.45, 2.75) is 26.4 Å². The van der Waals surface area contributed by atoms with E-state index in [9.17, 15) is 14.0 Å². The minimum absolute atomic E-state index is 0.00333. The Bertz CT molecular complexity index is 881. The number of nitrogens with one attached hydrogen (secondary N) is 2. The molecule has 0 aromatic heterocycles.